The van der Waals surface area contributed by atoms with Crippen LogP contribution in [0.4, 0.5) is 0 Å². The average Bonchev–Trinajstić information content (AvgIpc) is 2.48. The third-order valence-corrected chi connectivity index (χ3v) is 3.55. The SMILES string of the molecule is COC(=O)C1=C(C)C(c2ccc(OC)cc2)NC(S)N1. The smallest absolute Gasteiger partial charge is 0.354 e. The number of benzene rings is 1. The second-order valence-corrected chi connectivity index (χ2v) is 4.99. The van der Waals surface area contributed by atoms with Crippen molar-refractivity contribution >= 4 is 18.6 Å². The number of hydrogen-bond acceptors (Lipinski definition) is 6. The van der Waals surface area contributed by atoms with E-state index in [0.29, 0.717) is 5.70 Å². The molecule has 0 spiro atoms. The molecule has 0 amide bonds. The van der Waals surface area contributed by atoms with Crippen molar-refractivity contribution in [3.63, 3.8) is 0 Å². The van der Waals surface area contributed by atoms with Crippen molar-refractivity contribution in [3.8, 4) is 5.75 Å². The van der Waals surface area contributed by atoms with Crippen molar-refractivity contribution in [1.82, 2.24) is 10.6 Å². The molecule has 6 heteroatoms. The second kappa shape index (κ2) is 6.19. The molecule has 0 saturated carbocycles. The van der Waals surface area contributed by atoms with Crippen molar-refractivity contribution in [2.75, 3.05) is 14.2 Å². The zero-order valence-electron chi connectivity index (χ0n) is 11.6. The molecule has 2 atom stereocenters. The molecule has 5 nitrogen and oxygen atoms in total. The van der Waals surface area contributed by atoms with Gasteiger partial charge < -0.3 is 14.8 Å². The molecular formula is C14H18N2O3S. The normalized spacial score (nSPS) is 22.2. The van der Waals surface area contributed by atoms with Crippen LogP contribution in [0.1, 0.15) is 18.5 Å². The van der Waals surface area contributed by atoms with E-state index in [1.165, 1.54) is 7.11 Å². The molecule has 1 aliphatic rings. The number of carbonyl (C=O) groups excluding carboxylic acids is 1. The highest BCUT2D eigenvalue weighted by Crippen LogP contribution is 2.29. The summed E-state index contributed by atoms with van der Waals surface area (Å²) in [5, 5.41) is 6.25. The van der Waals surface area contributed by atoms with Gasteiger partial charge in [-0.2, -0.15) is 0 Å². The fraction of sp³-hybridized carbons (Fsp3) is 0.357. The Balaban J connectivity index is 2.35. The highest BCUT2D eigenvalue weighted by atomic mass is 32.1. The van der Waals surface area contributed by atoms with Crippen LogP contribution in [-0.4, -0.2) is 25.7 Å². The molecular weight excluding hydrogens is 276 g/mol. The topological polar surface area (TPSA) is 59.6 Å². The lowest BCUT2D eigenvalue weighted by atomic mass is 9.96. The van der Waals surface area contributed by atoms with Crippen LogP contribution < -0.4 is 15.4 Å². The first kappa shape index (κ1) is 14.7. The predicted molar refractivity (Wildman–Crippen MR) is 79.5 cm³/mol. The third-order valence-electron chi connectivity index (χ3n) is 3.27. The summed E-state index contributed by atoms with van der Waals surface area (Å²) in [6.07, 6.45) is 0. The first-order valence-corrected chi connectivity index (χ1v) is 6.72. The molecule has 1 aromatic carbocycles. The fourth-order valence-corrected chi connectivity index (χ4v) is 2.46. The Hall–Kier alpha value is -1.66. The molecule has 20 heavy (non-hydrogen) atoms. The van der Waals surface area contributed by atoms with Crippen molar-refractivity contribution in [3.05, 3.63) is 41.1 Å². The fourth-order valence-electron chi connectivity index (χ4n) is 2.18. The molecule has 0 aliphatic carbocycles. The number of thiol groups is 1. The summed E-state index contributed by atoms with van der Waals surface area (Å²) in [4.78, 5) is 11.8. The van der Waals surface area contributed by atoms with Crippen LogP contribution in [0, 0.1) is 0 Å². The molecule has 0 saturated heterocycles. The van der Waals surface area contributed by atoms with Crippen LogP contribution in [-0.2, 0) is 9.53 Å². The number of carbonyl (C=O) groups is 1. The zero-order chi connectivity index (χ0) is 14.7. The predicted octanol–water partition coefficient (Wildman–Crippen LogP) is 1.59. The van der Waals surface area contributed by atoms with E-state index in [2.05, 4.69) is 23.3 Å². The minimum atomic E-state index is -0.387. The second-order valence-electron chi connectivity index (χ2n) is 4.47. The number of methoxy groups -OCH3 is 2. The lowest BCUT2D eigenvalue weighted by Gasteiger charge is -2.32. The minimum Gasteiger partial charge on any atom is -0.497 e. The Kier molecular flexibility index (Phi) is 4.57. The largest absolute Gasteiger partial charge is 0.497 e. The first-order chi connectivity index (χ1) is 9.56. The van der Waals surface area contributed by atoms with E-state index in [9.17, 15) is 4.79 Å². The summed E-state index contributed by atoms with van der Waals surface area (Å²) in [6, 6.07) is 7.59. The van der Waals surface area contributed by atoms with Crippen LogP contribution in [0.2, 0.25) is 0 Å². The molecule has 0 fully saturated rings. The van der Waals surface area contributed by atoms with Crippen LogP contribution >= 0.6 is 12.6 Å². The molecule has 108 valence electrons. The Morgan fingerprint density at radius 1 is 1.25 bits per heavy atom. The van der Waals surface area contributed by atoms with Crippen molar-refractivity contribution in [2.45, 2.75) is 18.5 Å². The van der Waals surface area contributed by atoms with Crippen LogP contribution in [0.3, 0.4) is 0 Å². The highest BCUT2D eigenvalue weighted by molar-refractivity contribution is 7.80. The van der Waals surface area contributed by atoms with Gasteiger partial charge in [-0.05, 0) is 30.2 Å². The van der Waals surface area contributed by atoms with E-state index in [0.717, 1.165) is 16.9 Å². The van der Waals surface area contributed by atoms with Crippen LogP contribution in [0.15, 0.2) is 35.5 Å². The summed E-state index contributed by atoms with van der Waals surface area (Å²) in [7, 11) is 2.99. The maximum atomic E-state index is 11.8. The van der Waals surface area contributed by atoms with Gasteiger partial charge in [0.05, 0.1) is 20.3 Å². The van der Waals surface area contributed by atoms with Gasteiger partial charge in [0.1, 0.15) is 16.9 Å². The van der Waals surface area contributed by atoms with Gasteiger partial charge in [-0.15, -0.1) is 12.6 Å². The van der Waals surface area contributed by atoms with Gasteiger partial charge in [0.2, 0.25) is 0 Å². The molecule has 0 radical (unpaired) electrons. The molecule has 1 aliphatic heterocycles. The van der Waals surface area contributed by atoms with Gasteiger partial charge >= 0.3 is 5.97 Å². The van der Waals surface area contributed by atoms with Gasteiger partial charge in [0.25, 0.3) is 0 Å². The maximum Gasteiger partial charge on any atom is 0.354 e. The molecule has 0 aromatic heterocycles. The molecule has 2 unspecified atom stereocenters. The summed E-state index contributed by atoms with van der Waals surface area (Å²) in [5.41, 5.74) is 2.03. The van der Waals surface area contributed by atoms with Gasteiger partial charge in [0, 0.05) is 0 Å². The quantitative estimate of drug-likeness (QED) is 0.584. The number of nitrogens with one attached hydrogen (secondary N) is 2. The Morgan fingerprint density at radius 3 is 2.45 bits per heavy atom. The van der Waals surface area contributed by atoms with Crippen molar-refractivity contribution in [2.24, 2.45) is 0 Å². The first-order valence-electron chi connectivity index (χ1n) is 6.20. The Bertz CT molecular complexity index is 528. The molecule has 1 aromatic rings. The van der Waals surface area contributed by atoms with Gasteiger partial charge in [-0.3, -0.25) is 5.32 Å². The van der Waals surface area contributed by atoms with Gasteiger partial charge in [-0.25, -0.2) is 4.79 Å². The Labute approximate surface area is 123 Å². The number of esters is 1. The van der Waals surface area contributed by atoms with E-state index < -0.39 is 0 Å². The van der Waals surface area contributed by atoms with Crippen LogP contribution in [0.5, 0.6) is 5.75 Å². The van der Waals surface area contributed by atoms with Crippen molar-refractivity contribution < 1.29 is 14.3 Å². The van der Waals surface area contributed by atoms with Crippen LogP contribution in [0.25, 0.3) is 0 Å². The summed E-state index contributed by atoms with van der Waals surface area (Å²) < 4.78 is 9.94. The average molecular weight is 294 g/mol. The summed E-state index contributed by atoms with van der Waals surface area (Å²) in [6.45, 7) is 1.89. The van der Waals surface area contributed by atoms with Gasteiger partial charge in [-0.1, -0.05) is 12.1 Å². The monoisotopic (exact) mass is 294 g/mol. The number of hydrogen-bond donors (Lipinski definition) is 3. The molecule has 0 bridgehead atoms. The maximum absolute atomic E-state index is 11.8. The zero-order valence-corrected chi connectivity index (χ0v) is 12.5. The van der Waals surface area contributed by atoms with E-state index in [1.54, 1.807) is 7.11 Å². The third kappa shape index (κ3) is 2.91. The number of rotatable bonds is 3. The molecule has 2 N–H and O–H groups in total. The standard InChI is InChI=1S/C14H18N2O3S/c1-8-11(9-4-6-10(18-2)7-5-9)15-14(20)16-12(8)13(17)19-3/h4-7,11,14-16,20H,1-3H3. The van der Waals surface area contributed by atoms with Gasteiger partial charge in [0.15, 0.2) is 0 Å². The van der Waals surface area contributed by atoms with E-state index in [1.807, 2.05) is 31.2 Å². The Morgan fingerprint density at radius 2 is 1.90 bits per heavy atom. The number of ether oxygens (including phenoxy) is 2. The van der Waals surface area contributed by atoms with E-state index >= 15 is 0 Å². The summed E-state index contributed by atoms with van der Waals surface area (Å²) >= 11 is 4.35. The minimum absolute atomic E-state index is 0.0984. The molecule has 1 heterocycles. The lowest BCUT2D eigenvalue weighted by molar-refractivity contribution is -0.136. The van der Waals surface area contributed by atoms with E-state index in [-0.39, 0.29) is 17.5 Å². The molecule has 2 rings (SSSR count). The lowest BCUT2D eigenvalue weighted by Crippen LogP contribution is -2.47. The highest BCUT2D eigenvalue weighted by Gasteiger charge is 2.28. The van der Waals surface area contributed by atoms with E-state index in [4.69, 9.17) is 9.47 Å². The summed E-state index contributed by atoms with van der Waals surface area (Å²) in [5.74, 6) is 0.404. The van der Waals surface area contributed by atoms with Crippen molar-refractivity contribution in [1.29, 1.82) is 0 Å².